The first kappa shape index (κ1) is 16.4. The van der Waals surface area contributed by atoms with Crippen molar-refractivity contribution in [1.82, 2.24) is 15.1 Å². The van der Waals surface area contributed by atoms with Gasteiger partial charge in [0, 0.05) is 25.7 Å². The van der Waals surface area contributed by atoms with Crippen molar-refractivity contribution in [2.24, 2.45) is 0 Å². The zero-order valence-electron chi connectivity index (χ0n) is 12.4. The maximum absolute atomic E-state index is 12.7. The molecule has 0 bridgehead atoms. The first-order chi connectivity index (χ1) is 9.53. The fraction of sp³-hybridized carbons (Fsp3) is 0.923. The lowest BCUT2D eigenvalue weighted by atomic mass is 9.97. The predicted octanol–water partition coefficient (Wildman–Crippen LogP) is 1.18. The summed E-state index contributed by atoms with van der Waals surface area (Å²) in [7, 11) is 0. The van der Waals surface area contributed by atoms with Gasteiger partial charge in [-0.3, -0.25) is 4.90 Å². The lowest BCUT2D eigenvalue weighted by Gasteiger charge is -2.40. The van der Waals surface area contributed by atoms with Gasteiger partial charge in [0.25, 0.3) is 0 Å². The van der Waals surface area contributed by atoms with Gasteiger partial charge in [-0.1, -0.05) is 0 Å². The molecule has 2 saturated heterocycles. The molecule has 122 valence electrons. The highest BCUT2D eigenvalue weighted by Crippen LogP contribution is 2.32. The standard InChI is InChI=1S/C13H22F3N3O2/c1-8(2)19-10-4-5-18(6-9(10)17-11(19)20)7-12(3,21)13(14,15)16/h8-10,21H,4-7H2,1-3H3,(H,17,20)/t9-,10+,12?/m1/s1. The number of carbonyl (C=O) groups is 1. The Bertz CT molecular complexity index is 412. The maximum atomic E-state index is 12.7. The molecule has 1 unspecified atom stereocenters. The molecule has 0 saturated carbocycles. The largest absolute Gasteiger partial charge is 0.418 e. The summed E-state index contributed by atoms with van der Waals surface area (Å²) < 4.78 is 38.2. The Morgan fingerprint density at radius 2 is 2.05 bits per heavy atom. The number of halogens is 3. The molecule has 2 fully saturated rings. The van der Waals surface area contributed by atoms with Crippen LogP contribution in [0.1, 0.15) is 27.2 Å². The molecule has 3 atom stereocenters. The van der Waals surface area contributed by atoms with Gasteiger partial charge in [0.05, 0.1) is 12.1 Å². The van der Waals surface area contributed by atoms with Crippen LogP contribution in [-0.4, -0.2) is 70.5 Å². The van der Waals surface area contributed by atoms with Gasteiger partial charge >= 0.3 is 12.2 Å². The number of rotatable bonds is 3. The Kier molecular flexibility index (Phi) is 4.14. The number of alkyl halides is 3. The normalized spacial score (nSPS) is 30.3. The van der Waals surface area contributed by atoms with E-state index in [1.54, 1.807) is 9.80 Å². The van der Waals surface area contributed by atoms with Gasteiger partial charge < -0.3 is 15.3 Å². The average Bonchev–Trinajstić information content (AvgIpc) is 2.61. The third kappa shape index (κ3) is 3.11. The molecule has 21 heavy (non-hydrogen) atoms. The van der Waals surface area contributed by atoms with Crippen molar-refractivity contribution in [3.63, 3.8) is 0 Å². The molecular weight excluding hydrogens is 287 g/mol. The highest BCUT2D eigenvalue weighted by atomic mass is 19.4. The molecule has 2 amide bonds. The minimum atomic E-state index is -4.66. The topological polar surface area (TPSA) is 55.8 Å². The van der Waals surface area contributed by atoms with Gasteiger partial charge in [0.2, 0.25) is 0 Å². The number of nitrogens with one attached hydrogen (secondary N) is 1. The lowest BCUT2D eigenvalue weighted by molar-refractivity contribution is -0.258. The van der Waals surface area contributed by atoms with Gasteiger partial charge in [-0.15, -0.1) is 0 Å². The van der Waals surface area contributed by atoms with E-state index in [2.05, 4.69) is 5.32 Å². The van der Waals surface area contributed by atoms with Gasteiger partial charge in [0.1, 0.15) is 0 Å². The lowest BCUT2D eigenvalue weighted by Crippen LogP contribution is -2.58. The van der Waals surface area contributed by atoms with Crippen LogP contribution in [0.15, 0.2) is 0 Å². The van der Waals surface area contributed by atoms with Gasteiger partial charge in [-0.2, -0.15) is 13.2 Å². The molecule has 2 aliphatic heterocycles. The monoisotopic (exact) mass is 309 g/mol. The number of hydrogen-bond donors (Lipinski definition) is 2. The third-order valence-electron chi connectivity index (χ3n) is 4.26. The van der Waals surface area contributed by atoms with E-state index in [0.717, 1.165) is 6.92 Å². The molecule has 2 N–H and O–H groups in total. The number of aliphatic hydroxyl groups is 1. The number of likely N-dealkylation sites (tertiary alicyclic amines) is 1. The summed E-state index contributed by atoms with van der Waals surface area (Å²) in [5.74, 6) is 0. The second-order valence-corrected chi connectivity index (χ2v) is 6.42. The molecule has 0 aromatic heterocycles. The van der Waals surface area contributed by atoms with Crippen molar-refractivity contribution < 1.29 is 23.1 Å². The second kappa shape index (κ2) is 5.31. The highest BCUT2D eigenvalue weighted by Gasteiger charge is 2.52. The molecule has 0 spiro atoms. The van der Waals surface area contributed by atoms with Crippen LogP contribution < -0.4 is 5.32 Å². The maximum Gasteiger partial charge on any atom is 0.418 e. The molecule has 0 aromatic carbocycles. The quantitative estimate of drug-likeness (QED) is 0.823. The summed E-state index contributed by atoms with van der Waals surface area (Å²) in [4.78, 5) is 15.2. The number of β-amino-alcohol motifs (C(OH)–C–C–N with tert-alkyl or cyclic N) is 1. The number of carbonyl (C=O) groups excluding carboxylic acids is 1. The van der Waals surface area contributed by atoms with E-state index < -0.39 is 18.3 Å². The molecule has 0 radical (unpaired) electrons. The SMILES string of the molecule is CC(C)N1C(=O)N[C@@H]2CN(CC(C)(O)C(F)(F)F)CC[C@@H]21. The molecule has 5 nitrogen and oxygen atoms in total. The molecule has 0 aliphatic carbocycles. The molecule has 8 heteroatoms. The number of fused-ring (bicyclic) bond motifs is 1. The van der Waals surface area contributed by atoms with Crippen molar-refractivity contribution >= 4 is 6.03 Å². The van der Waals surface area contributed by atoms with Crippen LogP contribution in [0, 0.1) is 0 Å². The number of piperidine rings is 1. The molecule has 2 rings (SSSR count). The summed E-state index contributed by atoms with van der Waals surface area (Å²) in [5, 5.41) is 12.4. The van der Waals surface area contributed by atoms with E-state index in [0.29, 0.717) is 19.5 Å². The first-order valence-corrected chi connectivity index (χ1v) is 7.13. The van der Waals surface area contributed by atoms with Crippen molar-refractivity contribution in [1.29, 1.82) is 0 Å². The fourth-order valence-electron chi connectivity index (χ4n) is 3.15. The summed E-state index contributed by atoms with van der Waals surface area (Å²) in [6.07, 6.45) is -4.05. The Hall–Kier alpha value is -1.02. The van der Waals surface area contributed by atoms with E-state index in [4.69, 9.17) is 0 Å². The Morgan fingerprint density at radius 3 is 2.57 bits per heavy atom. The van der Waals surface area contributed by atoms with Crippen LogP contribution in [0.4, 0.5) is 18.0 Å². The van der Waals surface area contributed by atoms with Crippen LogP contribution in [0.25, 0.3) is 0 Å². The van der Waals surface area contributed by atoms with E-state index in [9.17, 15) is 23.1 Å². The second-order valence-electron chi connectivity index (χ2n) is 6.42. The van der Waals surface area contributed by atoms with Crippen LogP contribution in [-0.2, 0) is 0 Å². The van der Waals surface area contributed by atoms with Gasteiger partial charge in [0.15, 0.2) is 5.60 Å². The van der Waals surface area contributed by atoms with Crippen LogP contribution >= 0.6 is 0 Å². The van der Waals surface area contributed by atoms with Crippen LogP contribution in [0.5, 0.6) is 0 Å². The van der Waals surface area contributed by atoms with Crippen molar-refractivity contribution in [2.45, 2.75) is 57.1 Å². The number of amides is 2. The van der Waals surface area contributed by atoms with Crippen molar-refractivity contribution in [3.8, 4) is 0 Å². The highest BCUT2D eigenvalue weighted by molar-refractivity contribution is 5.78. The number of urea groups is 1. The van der Waals surface area contributed by atoms with E-state index in [1.165, 1.54) is 0 Å². The summed E-state index contributed by atoms with van der Waals surface area (Å²) in [6.45, 7) is 4.91. The fourth-order valence-corrected chi connectivity index (χ4v) is 3.15. The van der Waals surface area contributed by atoms with Crippen LogP contribution in [0.3, 0.4) is 0 Å². The van der Waals surface area contributed by atoms with E-state index in [1.807, 2.05) is 13.8 Å². The summed E-state index contributed by atoms with van der Waals surface area (Å²) >= 11 is 0. The smallest absolute Gasteiger partial charge is 0.380 e. The van der Waals surface area contributed by atoms with Gasteiger partial charge in [-0.25, -0.2) is 4.79 Å². The Balaban J connectivity index is 2.01. The minimum Gasteiger partial charge on any atom is -0.380 e. The zero-order chi connectivity index (χ0) is 16.0. The van der Waals surface area contributed by atoms with Crippen molar-refractivity contribution in [2.75, 3.05) is 19.6 Å². The minimum absolute atomic E-state index is 0.0181. The zero-order valence-corrected chi connectivity index (χ0v) is 12.4. The number of hydrogen-bond acceptors (Lipinski definition) is 3. The van der Waals surface area contributed by atoms with Crippen molar-refractivity contribution in [3.05, 3.63) is 0 Å². The van der Waals surface area contributed by atoms with E-state index in [-0.39, 0.29) is 24.2 Å². The Morgan fingerprint density at radius 1 is 1.43 bits per heavy atom. The van der Waals surface area contributed by atoms with Gasteiger partial charge in [-0.05, 0) is 27.2 Å². The average molecular weight is 309 g/mol. The van der Waals surface area contributed by atoms with E-state index >= 15 is 0 Å². The van der Waals surface area contributed by atoms with Crippen LogP contribution in [0.2, 0.25) is 0 Å². The summed E-state index contributed by atoms with van der Waals surface area (Å²) in [5.41, 5.74) is -2.74. The number of nitrogens with zero attached hydrogens (tertiary/aromatic N) is 2. The molecule has 2 aliphatic rings. The third-order valence-corrected chi connectivity index (χ3v) is 4.26. The molecule has 2 heterocycles. The molecule has 0 aromatic rings. The molecular formula is C13H22F3N3O2. The predicted molar refractivity (Wildman–Crippen MR) is 70.8 cm³/mol. The first-order valence-electron chi connectivity index (χ1n) is 7.13. The Labute approximate surface area is 122 Å². The summed E-state index contributed by atoms with van der Waals surface area (Å²) in [6, 6.07) is -0.267.